The first-order chi connectivity index (χ1) is 9.84. The van der Waals surface area contributed by atoms with Crippen LogP contribution in [0.15, 0.2) is 23.1 Å². The quantitative estimate of drug-likeness (QED) is 0.922. The molecule has 1 saturated carbocycles. The van der Waals surface area contributed by atoms with Crippen molar-refractivity contribution in [3.63, 3.8) is 0 Å². The smallest absolute Gasteiger partial charge is 0.253 e. The lowest BCUT2D eigenvalue weighted by molar-refractivity contribution is 0.0735. The van der Waals surface area contributed by atoms with Crippen molar-refractivity contribution in [3.05, 3.63) is 29.3 Å². The third-order valence-corrected chi connectivity index (χ3v) is 5.19. The van der Waals surface area contributed by atoms with Gasteiger partial charge in [-0.2, -0.15) is 0 Å². The number of rotatable bonds is 4. The fourth-order valence-corrected chi connectivity index (χ4v) is 3.77. The van der Waals surface area contributed by atoms with E-state index in [4.69, 9.17) is 5.14 Å². The zero-order chi connectivity index (χ0) is 15.6. The number of primary sulfonamides is 1. The van der Waals surface area contributed by atoms with Gasteiger partial charge in [0.05, 0.1) is 4.90 Å². The van der Waals surface area contributed by atoms with Gasteiger partial charge in [0.2, 0.25) is 10.0 Å². The summed E-state index contributed by atoms with van der Waals surface area (Å²) in [7, 11) is -2.04. The van der Waals surface area contributed by atoms with E-state index in [1.165, 1.54) is 6.07 Å². The van der Waals surface area contributed by atoms with Crippen LogP contribution in [-0.2, 0) is 16.4 Å². The number of sulfonamides is 1. The van der Waals surface area contributed by atoms with Crippen molar-refractivity contribution >= 4 is 15.9 Å². The van der Waals surface area contributed by atoms with Crippen LogP contribution in [-0.4, -0.2) is 32.3 Å². The molecule has 0 aromatic heterocycles. The molecule has 5 nitrogen and oxygen atoms in total. The summed E-state index contributed by atoms with van der Waals surface area (Å²) in [6.07, 6.45) is 4.85. The summed E-state index contributed by atoms with van der Waals surface area (Å²) < 4.78 is 23.3. The predicted octanol–water partition coefficient (Wildman–Crippen LogP) is 1.91. The molecule has 0 unspecified atom stereocenters. The van der Waals surface area contributed by atoms with Gasteiger partial charge in [0.25, 0.3) is 5.91 Å². The van der Waals surface area contributed by atoms with E-state index in [9.17, 15) is 13.2 Å². The number of benzene rings is 1. The molecule has 0 saturated heterocycles. The third kappa shape index (κ3) is 3.44. The van der Waals surface area contributed by atoms with Gasteiger partial charge in [-0.25, -0.2) is 13.6 Å². The summed E-state index contributed by atoms with van der Waals surface area (Å²) in [6.45, 7) is 1.86. The number of carbonyl (C=O) groups is 1. The summed E-state index contributed by atoms with van der Waals surface area (Å²) >= 11 is 0. The number of amides is 1. The molecule has 116 valence electrons. The molecular formula is C15H22N2O3S. The van der Waals surface area contributed by atoms with Gasteiger partial charge in [0, 0.05) is 18.7 Å². The van der Waals surface area contributed by atoms with Crippen molar-refractivity contribution in [2.75, 3.05) is 7.05 Å². The molecule has 0 heterocycles. The van der Waals surface area contributed by atoms with E-state index in [1.807, 2.05) is 6.92 Å². The van der Waals surface area contributed by atoms with E-state index in [2.05, 4.69) is 0 Å². The maximum atomic E-state index is 12.5. The summed E-state index contributed by atoms with van der Waals surface area (Å²) in [5, 5.41) is 5.25. The van der Waals surface area contributed by atoms with Crippen LogP contribution in [0.2, 0.25) is 0 Å². The van der Waals surface area contributed by atoms with E-state index >= 15 is 0 Å². The molecule has 1 amide bonds. The molecule has 0 bridgehead atoms. The molecule has 2 N–H and O–H groups in total. The Kier molecular flexibility index (Phi) is 4.68. The van der Waals surface area contributed by atoms with Crippen LogP contribution in [0.1, 0.15) is 48.5 Å². The number of nitrogens with zero attached hydrogens (tertiary/aromatic N) is 1. The number of hydrogen-bond acceptors (Lipinski definition) is 3. The largest absolute Gasteiger partial charge is 0.339 e. The second-order valence-corrected chi connectivity index (χ2v) is 7.11. The van der Waals surface area contributed by atoms with Crippen LogP contribution in [0, 0.1) is 0 Å². The Bertz CT molecular complexity index is 634. The Morgan fingerprint density at radius 2 is 1.95 bits per heavy atom. The van der Waals surface area contributed by atoms with Gasteiger partial charge in [-0.05, 0) is 37.0 Å². The molecule has 1 fully saturated rings. The van der Waals surface area contributed by atoms with E-state index in [0.29, 0.717) is 17.5 Å². The minimum absolute atomic E-state index is 0.0515. The fourth-order valence-electron chi connectivity index (χ4n) is 2.91. The molecule has 1 aliphatic carbocycles. The number of hydrogen-bond donors (Lipinski definition) is 1. The average Bonchev–Trinajstić information content (AvgIpc) is 2.98. The van der Waals surface area contributed by atoms with Crippen LogP contribution < -0.4 is 5.14 Å². The molecule has 1 aromatic rings. The van der Waals surface area contributed by atoms with Crippen LogP contribution in [0.4, 0.5) is 0 Å². The first kappa shape index (κ1) is 16.0. The van der Waals surface area contributed by atoms with Crippen molar-refractivity contribution in [1.82, 2.24) is 4.90 Å². The van der Waals surface area contributed by atoms with Gasteiger partial charge < -0.3 is 4.90 Å². The van der Waals surface area contributed by atoms with E-state index in [-0.39, 0.29) is 16.8 Å². The van der Waals surface area contributed by atoms with Gasteiger partial charge in [-0.1, -0.05) is 25.8 Å². The molecule has 0 aliphatic heterocycles. The summed E-state index contributed by atoms with van der Waals surface area (Å²) in [6, 6.07) is 5.01. The molecule has 1 aliphatic rings. The summed E-state index contributed by atoms with van der Waals surface area (Å²) in [5.74, 6) is -0.144. The highest BCUT2D eigenvalue weighted by molar-refractivity contribution is 7.89. The number of aryl methyl sites for hydroxylation is 1. The Balaban J connectivity index is 2.33. The Morgan fingerprint density at radius 1 is 1.33 bits per heavy atom. The van der Waals surface area contributed by atoms with Crippen LogP contribution in [0.5, 0.6) is 0 Å². The first-order valence-corrected chi connectivity index (χ1v) is 8.82. The molecule has 21 heavy (non-hydrogen) atoms. The molecule has 6 heteroatoms. The second-order valence-electron chi connectivity index (χ2n) is 5.58. The summed E-state index contributed by atoms with van der Waals surface area (Å²) in [5.41, 5.74) is 1.02. The first-order valence-electron chi connectivity index (χ1n) is 7.27. The van der Waals surface area contributed by atoms with Crippen LogP contribution in [0.3, 0.4) is 0 Å². The lowest BCUT2D eigenvalue weighted by Crippen LogP contribution is -2.35. The highest BCUT2D eigenvalue weighted by atomic mass is 32.2. The highest BCUT2D eigenvalue weighted by Crippen LogP contribution is 2.25. The fraction of sp³-hybridized carbons (Fsp3) is 0.533. The molecule has 0 radical (unpaired) electrons. The van der Waals surface area contributed by atoms with Gasteiger partial charge in [-0.3, -0.25) is 4.79 Å². The van der Waals surface area contributed by atoms with Crippen molar-refractivity contribution < 1.29 is 13.2 Å². The number of nitrogens with two attached hydrogens (primary N) is 1. The zero-order valence-corrected chi connectivity index (χ0v) is 13.3. The monoisotopic (exact) mass is 310 g/mol. The SMILES string of the molecule is CCc1ccc(C(=O)N(C)C2CCCC2)cc1S(N)(=O)=O. The highest BCUT2D eigenvalue weighted by Gasteiger charge is 2.25. The van der Waals surface area contributed by atoms with Gasteiger partial charge in [-0.15, -0.1) is 0 Å². The van der Waals surface area contributed by atoms with Crippen molar-refractivity contribution in [2.45, 2.75) is 50.0 Å². The van der Waals surface area contributed by atoms with Gasteiger partial charge in [0.1, 0.15) is 0 Å². The topological polar surface area (TPSA) is 80.5 Å². The lowest BCUT2D eigenvalue weighted by atomic mass is 10.1. The second kappa shape index (κ2) is 6.15. The van der Waals surface area contributed by atoms with Crippen molar-refractivity contribution in [3.8, 4) is 0 Å². The Morgan fingerprint density at radius 3 is 2.48 bits per heavy atom. The van der Waals surface area contributed by atoms with E-state index in [0.717, 1.165) is 25.7 Å². The van der Waals surface area contributed by atoms with Gasteiger partial charge in [0.15, 0.2) is 0 Å². The zero-order valence-electron chi connectivity index (χ0n) is 12.5. The maximum Gasteiger partial charge on any atom is 0.253 e. The van der Waals surface area contributed by atoms with Gasteiger partial charge >= 0.3 is 0 Å². The molecule has 2 rings (SSSR count). The minimum Gasteiger partial charge on any atom is -0.339 e. The molecule has 0 spiro atoms. The Labute approximate surface area is 126 Å². The maximum absolute atomic E-state index is 12.5. The van der Waals surface area contributed by atoms with Crippen LogP contribution in [0.25, 0.3) is 0 Å². The lowest BCUT2D eigenvalue weighted by Gasteiger charge is -2.24. The Hall–Kier alpha value is -1.40. The molecular weight excluding hydrogens is 288 g/mol. The third-order valence-electron chi connectivity index (χ3n) is 4.19. The average molecular weight is 310 g/mol. The number of carbonyl (C=O) groups excluding carboxylic acids is 1. The van der Waals surface area contributed by atoms with E-state index < -0.39 is 10.0 Å². The normalized spacial score (nSPS) is 16.1. The standard InChI is InChI=1S/C15H22N2O3S/c1-3-11-8-9-12(10-14(11)21(16,19)20)15(18)17(2)13-6-4-5-7-13/h8-10,13H,3-7H2,1-2H3,(H2,16,19,20). The van der Waals surface area contributed by atoms with Crippen LogP contribution >= 0.6 is 0 Å². The molecule has 1 aromatic carbocycles. The van der Waals surface area contributed by atoms with E-state index in [1.54, 1.807) is 24.1 Å². The molecule has 0 atom stereocenters. The van der Waals surface area contributed by atoms with Crippen molar-refractivity contribution in [2.24, 2.45) is 5.14 Å². The predicted molar refractivity (Wildman–Crippen MR) is 81.5 cm³/mol. The minimum atomic E-state index is -3.82. The summed E-state index contributed by atoms with van der Waals surface area (Å²) in [4.78, 5) is 14.3. The van der Waals surface area contributed by atoms with Crippen molar-refractivity contribution in [1.29, 1.82) is 0 Å².